The van der Waals surface area contributed by atoms with Crippen LogP contribution in [0.15, 0.2) is 9.98 Å². The minimum absolute atomic E-state index is 0.0788. The van der Waals surface area contributed by atoms with Crippen molar-refractivity contribution < 1.29 is 0 Å². The van der Waals surface area contributed by atoms with E-state index in [2.05, 4.69) is 15.9 Å². The van der Waals surface area contributed by atoms with Crippen LogP contribution in [0.1, 0.15) is 19.3 Å². The summed E-state index contributed by atoms with van der Waals surface area (Å²) in [7, 11) is 0. The van der Waals surface area contributed by atoms with Crippen LogP contribution in [-0.4, -0.2) is 18.5 Å². The Labute approximate surface area is 78.1 Å². The van der Waals surface area contributed by atoms with Crippen molar-refractivity contribution in [3.05, 3.63) is 0 Å². The van der Waals surface area contributed by atoms with Crippen LogP contribution >= 0.6 is 0 Å². The lowest BCUT2D eigenvalue weighted by atomic mass is 10.2. The van der Waals surface area contributed by atoms with Gasteiger partial charge in [0.15, 0.2) is 5.96 Å². The van der Waals surface area contributed by atoms with Gasteiger partial charge in [-0.2, -0.15) is 4.99 Å². The molecule has 0 saturated heterocycles. The fraction of sp³-hybridized carbons (Fsp3) is 0.500. The molecule has 0 aromatic heterocycles. The van der Waals surface area contributed by atoms with Crippen molar-refractivity contribution in [2.75, 3.05) is 6.54 Å². The zero-order chi connectivity index (χ0) is 10.1. The molecule has 0 spiro atoms. The topological polar surface area (TPSA) is 103 Å². The molecule has 0 heterocycles. The normalized spacial score (nSPS) is 10.5. The largest absolute Gasteiger partial charge is 0.370 e. The molecule has 0 aliphatic carbocycles. The smallest absolute Gasteiger partial charge is 0.218 e. The molecule has 0 unspecified atom stereocenters. The molecular weight excluding hydrogens is 166 g/mol. The van der Waals surface area contributed by atoms with E-state index in [0.29, 0.717) is 6.54 Å². The maximum atomic E-state index is 5.35. The van der Waals surface area contributed by atoms with Gasteiger partial charge in [-0.3, -0.25) is 4.99 Å². The lowest BCUT2D eigenvalue weighted by Gasteiger charge is -1.94. The average molecular weight is 181 g/mol. The Hall–Kier alpha value is -1.70. The van der Waals surface area contributed by atoms with E-state index in [1.54, 1.807) is 0 Å². The van der Waals surface area contributed by atoms with Crippen LogP contribution in [0.5, 0.6) is 0 Å². The second-order valence-corrected chi connectivity index (χ2v) is 2.44. The van der Waals surface area contributed by atoms with Gasteiger partial charge in [-0.05, 0) is 12.8 Å². The van der Waals surface area contributed by atoms with Gasteiger partial charge >= 0.3 is 0 Å². The van der Waals surface area contributed by atoms with Crippen molar-refractivity contribution in [1.29, 1.82) is 0 Å². The molecule has 72 valence electrons. The number of terminal acetylenes is 1. The van der Waals surface area contributed by atoms with Crippen molar-refractivity contribution in [3.8, 4) is 12.3 Å². The molecule has 5 heteroatoms. The van der Waals surface area contributed by atoms with Gasteiger partial charge in [0.1, 0.15) is 0 Å². The molecule has 5 nitrogen and oxygen atoms in total. The van der Waals surface area contributed by atoms with Crippen LogP contribution in [0.2, 0.25) is 0 Å². The molecule has 0 saturated carbocycles. The summed E-state index contributed by atoms with van der Waals surface area (Å²) in [6.45, 7) is 0.601. The number of nitrogens with zero attached hydrogens (tertiary/aromatic N) is 2. The third-order valence-electron chi connectivity index (χ3n) is 1.25. The Bertz CT molecular complexity index is 231. The lowest BCUT2D eigenvalue weighted by Crippen LogP contribution is -2.26. The SMILES string of the molecule is C#CCCCCN=C(N)N=C(N)N. The van der Waals surface area contributed by atoms with E-state index in [1.807, 2.05) is 0 Å². The molecule has 0 radical (unpaired) electrons. The molecule has 0 bridgehead atoms. The maximum Gasteiger partial charge on any atom is 0.218 e. The van der Waals surface area contributed by atoms with Crippen LogP contribution in [-0.2, 0) is 0 Å². The third-order valence-corrected chi connectivity index (χ3v) is 1.25. The molecule has 0 rings (SSSR count). The summed E-state index contributed by atoms with van der Waals surface area (Å²) in [6.07, 6.45) is 7.67. The van der Waals surface area contributed by atoms with Crippen molar-refractivity contribution >= 4 is 11.9 Å². The first-order valence-corrected chi connectivity index (χ1v) is 4.00. The summed E-state index contributed by atoms with van der Waals surface area (Å²) in [5.41, 5.74) is 15.5. The van der Waals surface area contributed by atoms with Crippen LogP contribution < -0.4 is 17.2 Å². The summed E-state index contributed by atoms with van der Waals surface area (Å²) in [4.78, 5) is 7.47. The number of hydrogen-bond donors (Lipinski definition) is 3. The highest BCUT2D eigenvalue weighted by molar-refractivity contribution is 5.92. The zero-order valence-corrected chi connectivity index (χ0v) is 7.53. The fourth-order valence-corrected chi connectivity index (χ4v) is 0.700. The molecule has 6 N–H and O–H groups in total. The second-order valence-electron chi connectivity index (χ2n) is 2.44. The standard InChI is InChI=1S/C8H15N5/c1-2-3-4-5-6-12-8(11)13-7(9)10/h1H,3-6H2,(H6,9,10,11,12,13). The fourth-order valence-electron chi connectivity index (χ4n) is 0.700. The highest BCUT2D eigenvalue weighted by Gasteiger charge is 1.88. The molecule has 0 aromatic carbocycles. The first-order chi connectivity index (χ1) is 6.16. The van der Waals surface area contributed by atoms with Crippen LogP contribution in [0.3, 0.4) is 0 Å². The van der Waals surface area contributed by atoms with Gasteiger partial charge in [0.2, 0.25) is 5.96 Å². The van der Waals surface area contributed by atoms with Gasteiger partial charge in [0.25, 0.3) is 0 Å². The molecule has 0 aliphatic heterocycles. The van der Waals surface area contributed by atoms with Crippen LogP contribution in [0, 0.1) is 12.3 Å². The molecule has 13 heavy (non-hydrogen) atoms. The summed E-state index contributed by atoms with van der Waals surface area (Å²) >= 11 is 0. The average Bonchev–Trinajstić information content (AvgIpc) is 2.02. The first-order valence-electron chi connectivity index (χ1n) is 4.00. The Kier molecular flexibility index (Phi) is 6.06. The van der Waals surface area contributed by atoms with Gasteiger partial charge in [0, 0.05) is 13.0 Å². The number of unbranched alkanes of at least 4 members (excludes halogenated alkanes) is 2. The summed E-state index contributed by atoms with van der Waals surface area (Å²) < 4.78 is 0. The molecule has 0 atom stereocenters. The van der Waals surface area contributed by atoms with Crippen molar-refractivity contribution in [1.82, 2.24) is 0 Å². The Balaban J connectivity index is 3.61. The van der Waals surface area contributed by atoms with Crippen molar-refractivity contribution in [2.45, 2.75) is 19.3 Å². The van der Waals surface area contributed by atoms with Crippen LogP contribution in [0.25, 0.3) is 0 Å². The highest BCUT2D eigenvalue weighted by atomic mass is 15.1. The van der Waals surface area contributed by atoms with E-state index in [-0.39, 0.29) is 11.9 Å². The first kappa shape index (κ1) is 11.3. The van der Waals surface area contributed by atoms with Crippen molar-refractivity contribution in [2.24, 2.45) is 27.2 Å². The molecule has 0 amide bonds. The van der Waals surface area contributed by atoms with Gasteiger partial charge in [-0.1, -0.05) is 0 Å². The highest BCUT2D eigenvalue weighted by Crippen LogP contribution is 1.93. The van der Waals surface area contributed by atoms with E-state index in [0.717, 1.165) is 19.3 Å². The molecular formula is C8H15N5. The summed E-state index contributed by atoms with van der Waals surface area (Å²) in [5.74, 6) is 2.57. The number of hydrogen-bond acceptors (Lipinski definition) is 1. The minimum atomic E-state index is -0.0788. The van der Waals surface area contributed by atoms with E-state index in [9.17, 15) is 0 Å². The summed E-state index contributed by atoms with van der Waals surface area (Å²) in [6, 6.07) is 0. The second kappa shape index (κ2) is 6.98. The molecule has 0 aliphatic rings. The van der Waals surface area contributed by atoms with Crippen LogP contribution in [0.4, 0.5) is 0 Å². The summed E-state index contributed by atoms with van der Waals surface area (Å²) in [5, 5.41) is 0. The quantitative estimate of drug-likeness (QED) is 0.233. The van der Waals surface area contributed by atoms with E-state index < -0.39 is 0 Å². The van der Waals surface area contributed by atoms with E-state index in [4.69, 9.17) is 23.6 Å². The minimum Gasteiger partial charge on any atom is -0.370 e. The van der Waals surface area contributed by atoms with Gasteiger partial charge in [-0.15, -0.1) is 12.3 Å². The predicted octanol–water partition coefficient (Wildman–Crippen LogP) is -0.622. The van der Waals surface area contributed by atoms with Crippen molar-refractivity contribution in [3.63, 3.8) is 0 Å². The van der Waals surface area contributed by atoms with Gasteiger partial charge in [-0.25, -0.2) is 0 Å². The van der Waals surface area contributed by atoms with Gasteiger partial charge in [0.05, 0.1) is 0 Å². The third kappa shape index (κ3) is 8.20. The van der Waals surface area contributed by atoms with E-state index in [1.165, 1.54) is 0 Å². The van der Waals surface area contributed by atoms with E-state index >= 15 is 0 Å². The maximum absolute atomic E-state index is 5.35. The lowest BCUT2D eigenvalue weighted by molar-refractivity contribution is 0.767. The monoisotopic (exact) mass is 181 g/mol. The Morgan fingerprint density at radius 3 is 2.46 bits per heavy atom. The predicted molar refractivity (Wildman–Crippen MR) is 55.0 cm³/mol. The Morgan fingerprint density at radius 2 is 1.92 bits per heavy atom. The zero-order valence-electron chi connectivity index (χ0n) is 7.53. The molecule has 0 fully saturated rings. The van der Waals surface area contributed by atoms with Gasteiger partial charge < -0.3 is 17.2 Å². The number of rotatable bonds is 4. The number of guanidine groups is 2. The molecule has 0 aromatic rings. The Morgan fingerprint density at radius 1 is 1.23 bits per heavy atom. The number of aliphatic imine (C=N–C) groups is 2. The number of nitrogens with two attached hydrogens (primary N) is 3.